The summed E-state index contributed by atoms with van der Waals surface area (Å²) in [5.41, 5.74) is 0.983. The molecule has 0 aliphatic rings. The van der Waals surface area contributed by atoms with Gasteiger partial charge in [0.15, 0.2) is 0 Å². The third-order valence-electron chi connectivity index (χ3n) is 4.92. The first-order valence-corrected chi connectivity index (χ1v) is 12.3. The number of hydrogen-bond acceptors (Lipinski definition) is 6. The van der Waals surface area contributed by atoms with Crippen LogP contribution < -0.4 is 24.8 Å². The van der Waals surface area contributed by atoms with Gasteiger partial charge in [0.1, 0.15) is 22.4 Å². The lowest BCUT2D eigenvalue weighted by molar-refractivity contribution is -0.117. The van der Waals surface area contributed by atoms with E-state index in [0.717, 1.165) is 0 Å². The van der Waals surface area contributed by atoms with E-state index in [-0.39, 0.29) is 16.3 Å². The second-order valence-corrected chi connectivity index (χ2v) is 9.13. The van der Waals surface area contributed by atoms with E-state index in [1.807, 2.05) is 6.92 Å². The highest BCUT2D eigenvalue weighted by molar-refractivity contribution is 7.92. The molecule has 0 saturated heterocycles. The predicted molar refractivity (Wildman–Crippen MR) is 133 cm³/mol. The van der Waals surface area contributed by atoms with Crippen LogP contribution in [0.1, 0.15) is 24.2 Å². The number of anilines is 2. The van der Waals surface area contributed by atoms with Gasteiger partial charge >= 0.3 is 0 Å². The van der Waals surface area contributed by atoms with Crippen molar-refractivity contribution in [3.05, 3.63) is 78.4 Å². The molecule has 0 aliphatic carbocycles. The van der Waals surface area contributed by atoms with E-state index in [1.54, 1.807) is 54.6 Å². The van der Waals surface area contributed by atoms with Gasteiger partial charge in [-0.15, -0.1) is 0 Å². The summed E-state index contributed by atoms with van der Waals surface area (Å²) in [6.07, 6.45) is 0. The van der Waals surface area contributed by atoms with Gasteiger partial charge in [0.2, 0.25) is 5.91 Å². The number of nitrogens with one attached hydrogen (secondary N) is 3. The molecule has 9 nitrogen and oxygen atoms in total. The molecule has 3 aromatic rings. The standard InChI is InChI=1S/C25H27N3O6S/c1-4-34-21-13-10-19(11-14-21)28-35(31,32)23-16-20(12-15-22(23)33-3)27-24(29)17(2)26-25(30)18-8-6-5-7-9-18/h5-17,28H,4H2,1-3H3,(H,26,30)(H,27,29). The molecule has 0 spiro atoms. The summed E-state index contributed by atoms with van der Waals surface area (Å²) in [6.45, 7) is 3.88. The minimum Gasteiger partial charge on any atom is -0.495 e. The molecule has 184 valence electrons. The molecule has 1 unspecified atom stereocenters. The van der Waals surface area contributed by atoms with Crippen LogP contribution in [0, 0.1) is 0 Å². The molecule has 0 aromatic heterocycles. The molecular formula is C25H27N3O6S. The Balaban J connectivity index is 1.74. The zero-order chi connectivity index (χ0) is 25.4. The largest absolute Gasteiger partial charge is 0.495 e. The summed E-state index contributed by atoms with van der Waals surface area (Å²) in [6, 6.07) is 18.3. The summed E-state index contributed by atoms with van der Waals surface area (Å²) in [5.74, 6) is -0.189. The van der Waals surface area contributed by atoms with E-state index in [1.165, 1.54) is 32.2 Å². The number of methoxy groups -OCH3 is 1. The highest BCUT2D eigenvalue weighted by Gasteiger charge is 2.22. The van der Waals surface area contributed by atoms with Gasteiger partial charge in [0.25, 0.3) is 15.9 Å². The van der Waals surface area contributed by atoms with Crippen LogP contribution in [-0.4, -0.2) is 40.0 Å². The van der Waals surface area contributed by atoms with Gasteiger partial charge < -0.3 is 20.1 Å². The van der Waals surface area contributed by atoms with Crippen LogP contribution in [-0.2, 0) is 14.8 Å². The van der Waals surface area contributed by atoms with Gasteiger partial charge in [-0.05, 0) is 68.4 Å². The Kier molecular flexibility index (Phi) is 8.32. The molecule has 0 bridgehead atoms. The summed E-state index contributed by atoms with van der Waals surface area (Å²) in [7, 11) is -2.70. The third kappa shape index (κ3) is 6.73. The van der Waals surface area contributed by atoms with Crippen LogP contribution in [0.15, 0.2) is 77.7 Å². The Morgan fingerprint density at radius 1 is 0.943 bits per heavy atom. The van der Waals surface area contributed by atoms with Crippen LogP contribution in [0.2, 0.25) is 0 Å². The molecule has 0 aliphatic heterocycles. The number of sulfonamides is 1. The van der Waals surface area contributed by atoms with Crippen molar-refractivity contribution in [1.82, 2.24) is 5.32 Å². The molecule has 0 heterocycles. The second-order valence-electron chi connectivity index (χ2n) is 7.48. The molecule has 35 heavy (non-hydrogen) atoms. The molecular weight excluding hydrogens is 470 g/mol. The minimum atomic E-state index is -4.05. The van der Waals surface area contributed by atoms with Crippen molar-refractivity contribution in [2.75, 3.05) is 23.8 Å². The molecule has 3 rings (SSSR count). The van der Waals surface area contributed by atoms with Gasteiger partial charge in [-0.3, -0.25) is 14.3 Å². The van der Waals surface area contributed by atoms with Crippen LogP contribution in [0.4, 0.5) is 11.4 Å². The molecule has 10 heteroatoms. The Bertz CT molecular complexity index is 1280. The second kappa shape index (κ2) is 11.4. The topological polar surface area (TPSA) is 123 Å². The fourth-order valence-electron chi connectivity index (χ4n) is 3.15. The van der Waals surface area contributed by atoms with Crippen LogP contribution in [0.25, 0.3) is 0 Å². The highest BCUT2D eigenvalue weighted by Crippen LogP contribution is 2.29. The summed E-state index contributed by atoms with van der Waals surface area (Å²) in [4.78, 5) is 24.8. The smallest absolute Gasteiger partial charge is 0.265 e. The molecule has 1 atom stereocenters. The molecule has 0 fully saturated rings. The molecule has 2 amide bonds. The van der Waals surface area contributed by atoms with Crippen molar-refractivity contribution in [2.24, 2.45) is 0 Å². The predicted octanol–water partition coefficient (Wildman–Crippen LogP) is 3.65. The maximum atomic E-state index is 13.1. The first kappa shape index (κ1) is 25.6. The van der Waals surface area contributed by atoms with E-state index < -0.39 is 27.9 Å². The third-order valence-corrected chi connectivity index (χ3v) is 6.32. The van der Waals surface area contributed by atoms with E-state index >= 15 is 0 Å². The Morgan fingerprint density at radius 2 is 1.60 bits per heavy atom. The normalized spacial score (nSPS) is 11.7. The number of amides is 2. The van der Waals surface area contributed by atoms with E-state index in [4.69, 9.17) is 9.47 Å². The first-order chi connectivity index (χ1) is 16.7. The van der Waals surface area contributed by atoms with Crippen LogP contribution >= 0.6 is 0 Å². The van der Waals surface area contributed by atoms with Gasteiger partial charge in [-0.25, -0.2) is 8.42 Å². The van der Waals surface area contributed by atoms with Crippen molar-refractivity contribution in [3.8, 4) is 11.5 Å². The lowest BCUT2D eigenvalue weighted by atomic mass is 10.2. The van der Waals surface area contributed by atoms with Gasteiger partial charge in [0.05, 0.1) is 13.7 Å². The summed E-state index contributed by atoms with van der Waals surface area (Å²) < 4.78 is 39.2. The fraction of sp³-hybridized carbons (Fsp3) is 0.200. The SMILES string of the molecule is CCOc1ccc(NS(=O)(=O)c2cc(NC(=O)C(C)NC(=O)c3ccccc3)ccc2OC)cc1. The maximum absolute atomic E-state index is 13.1. The number of benzene rings is 3. The number of carbonyl (C=O) groups excluding carboxylic acids is 2. The van der Waals surface area contributed by atoms with Crippen molar-refractivity contribution in [2.45, 2.75) is 24.8 Å². The maximum Gasteiger partial charge on any atom is 0.265 e. The zero-order valence-electron chi connectivity index (χ0n) is 19.6. The van der Waals surface area contributed by atoms with Gasteiger partial charge in [-0.1, -0.05) is 18.2 Å². The van der Waals surface area contributed by atoms with Crippen molar-refractivity contribution in [1.29, 1.82) is 0 Å². The number of hydrogen-bond donors (Lipinski definition) is 3. The summed E-state index contributed by atoms with van der Waals surface area (Å²) >= 11 is 0. The average molecular weight is 498 g/mol. The van der Waals surface area contributed by atoms with Gasteiger partial charge in [-0.2, -0.15) is 0 Å². The molecule has 3 aromatic carbocycles. The highest BCUT2D eigenvalue weighted by atomic mass is 32.2. The Hall–Kier alpha value is -4.05. The molecule has 3 N–H and O–H groups in total. The molecule has 0 radical (unpaired) electrons. The quantitative estimate of drug-likeness (QED) is 0.393. The number of ether oxygens (including phenoxy) is 2. The van der Waals surface area contributed by atoms with E-state index in [0.29, 0.717) is 23.6 Å². The van der Waals surface area contributed by atoms with Crippen molar-refractivity contribution >= 4 is 33.2 Å². The minimum absolute atomic E-state index is 0.104. The van der Waals surface area contributed by atoms with Crippen molar-refractivity contribution in [3.63, 3.8) is 0 Å². The number of rotatable bonds is 10. The number of carbonyl (C=O) groups is 2. The van der Waals surface area contributed by atoms with Crippen LogP contribution in [0.5, 0.6) is 11.5 Å². The lowest BCUT2D eigenvalue weighted by Crippen LogP contribution is -2.41. The van der Waals surface area contributed by atoms with Crippen molar-refractivity contribution < 1.29 is 27.5 Å². The zero-order valence-corrected chi connectivity index (χ0v) is 20.4. The monoisotopic (exact) mass is 497 g/mol. The van der Waals surface area contributed by atoms with E-state index in [2.05, 4.69) is 15.4 Å². The first-order valence-electron chi connectivity index (χ1n) is 10.8. The Labute approximate surface area is 204 Å². The fourth-order valence-corrected chi connectivity index (χ4v) is 4.40. The summed E-state index contributed by atoms with van der Waals surface area (Å²) in [5, 5.41) is 5.24. The van der Waals surface area contributed by atoms with Crippen LogP contribution in [0.3, 0.4) is 0 Å². The molecule has 0 saturated carbocycles. The lowest BCUT2D eigenvalue weighted by Gasteiger charge is -2.16. The van der Waals surface area contributed by atoms with Gasteiger partial charge in [0, 0.05) is 16.9 Å². The van der Waals surface area contributed by atoms with E-state index in [9.17, 15) is 18.0 Å². The average Bonchev–Trinajstić information content (AvgIpc) is 2.85. The Morgan fingerprint density at radius 3 is 2.23 bits per heavy atom.